The van der Waals surface area contributed by atoms with Crippen LogP contribution in [0.25, 0.3) is 0 Å². The van der Waals surface area contributed by atoms with Crippen molar-refractivity contribution in [2.24, 2.45) is 11.7 Å². The van der Waals surface area contributed by atoms with Gasteiger partial charge in [0.15, 0.2) is 5.72 Å². The number of carbonyl (C=O) groups is 4. The minimum absolute atomic E-state index is 0.0379. The van der Waals surface area contributed by atoms with E-state index in [0.717, 1.165) is 0 Å². The fourth-order valence-corrected chi connectivity index (χ4v) is 2.89. The Bertz CT molecular complexity index is 1190. The smallest absolute Gasteiger partial charge is 0.343 e. The first-order valence-electron chi connectivity index (χ1n) is 13.2. The SMILES string of the molecule is C=C(CO)OC(=O)c1ccc(C(=O)OC(C)(C)C(C)COC(=O)c2ccc(C(=O)OC(C)(C)N)cc2)cc1.CCC. The van der Waals surface area contributed by atoms with Crippen LogP contribution in [0.5, 0.6) is 0 Å². The van der Waals surface area contributed by atoms with Crippen LogP contribution in [0, 0.1) is 5.92 Å². The summed E-state index contributed by atoms with van der Waals surface area (Å²) in [5.74, 6) is -3.04. The van der Waals surface area contributed by atoms with Gasteiger partial charge in [0.05, 0.1) is 28.9 Å². The summed E-state index contributed by atoms with van der Waals surface area (Å²) >= 11 is 0. The Hall–Kier alpha value is -4.02. The number of carbonyl (C=O) groups excluding carboxylic acids is 4. The minimum atomic E-state index is -1.13. The third-order valence-electron chi connectivity index (χ3n) is 5.49. The van der Waals surface area contributed by atoms with Crippen molar-refractivity contribution < 1.29 is 43.2 Å². The van der Waals surface area contributed by atoms with Gasteiger partial charge in [-0.15, -0.1) is 0 Å². The number of esters is 4. The zero-order valence-electron chi connectivity index (χ0n) is 24.8. The quantitative estimate of drug-likeness (QED) is 0.162. The van der Waals surface area contributed by atoms with Crippen LogP contribution in [0.3, 0.4) is 0 Å². The van der Waals surface area contributed by atoms with Crippen LogP contribution in [0.1, 0.15) is 96.3 Å². The predicted octanol–water partition coefficient (Wildman–Crippen LogP) is 5.05. The molecule has 2 aromatic carbocycles. The lowest BCUT2D eigenvalue weighted by Gasteiger charge is -2.31. The second-order valence-corrected chi connectivity index (χ2v) is 10.4. The number of ether oxygens (including phenoxy) is 4. The average Bonchev–Trinajstić information content (AvgIpc) is 2.90. The molecule has 0 spiro atoms. The van der Waals surface area contributed by atoms with Gasteiger partial charge >= 0.3 is 23.9 Å². The van der Waals surface area contributed by atoms with Gasteiger partial charge in [-0.3, -0.25) is 5.73 Å². The molecule has 0 saturated heterocycles. The Balaban J connectivity index is 0.00000268. The van der Waals surface area contributed by atoms with Crippen molar-refractivity contribution >= 4 is 23.9 Å². The second-order valence-electron chi connectivity index (χ2n) is 10.4. The summed E-state index contributed by atoms with van der Waals surface area (Å²) in [5.41, 5.74) is 4.39. The lowest BCUT2D eigenvalue weighted by Crippen LogP contribution is -2.38. The van der Waals surface area contributed by atoms with Crippen molar-refractivity contribution in [3.05, 3.63) is 83.1 Å². The Morgan fingerprint density at radius 2 is 1.15 bits per heavy atom. The molecule has 10 heteroatoms. The average molecular weight is 572 g/mol. The van der Waals surface area contributed by atoms with Crippen LogP contribution in [0.2, 0.25) is 0 Å². The van der Waals surface area contributed by atoms with Crippen molar-refractivity contribution in [1.82, 2.24) is 0 Å². The molecule has 41 heavy (non-hydrogen) atoms. The molecule has 0 saturated carbocycles. The number of nitrogens with two attached hydrogens (primary N) is 1. The Kier molecular flexibility index (Phi) is 13.4. The van der Waals surface area contributed by atoms with Crippen molar-refractivity contribution in [2.45, 2.75) is 66.2 Å². The zero-order chi connectivity index (χ0) is 31.4. The largest absolute Gasteiger partial charge is 0.462 e. The van der Waals surface area contributed by atoms with E-state index in [2.05, 4.69) is 20.4 Å². The highest BCUT2D eigenvalue weighted by molar-refractivity contribution is 5.94. The molecule has 0 bridgehead atoms. The topological polar surface area (TPSA) is 151 Å². The molecular weight excluding hydrogens is 530 g/mol. The van der Waals surface area contributed by atoms with Crippen molar-refractivity contribution in [3.63, 3.8) is 0 Å². The molecule has 0 heterocycles. The highest BCUT2D eigenvalue weighted by atomic mass is 16.6. The van der Waals surface area contributed by atoms with E-state index in [-0.39, 0.29) is 40.5 Å². The van der Waals surface area contributed by atoms with E-state index >= 15 is 0 Å². The molecule has 0 fully saturated rings. The number of benzene rings is 2. The first-order valence-corrected chi connectivity index (χ1v) is 13.2. The Morgan fingerprint density at radius 1 is 0.780 bits per heavy atom. The molecule has 224 valence electrons. The fourth-order valence-electron chi connectivity index (χ4n) is 2.89. The van der Waals surface area contributed by atoms with Crippen LogP contribution >= 0.6 is 0 Å². The zero-order valence-corrected chi connectivity index (χ0v) is 24.8. The van der Waals surface area contributed by atoms with Crippen LogP contribution in [0.4, 0.5) is 0 Å². The van der Waals surface area contributed by atoms with Gasteiger partial charge in [0.25, 0.3) is 0 Å². The fraction of sp³-hybridized carbons (Fsp3) is 0.419. The van der Waals surface area contributed by atoms with Gasteiger partial charge in [-0.05, 0) is 76.2 Å². The summed E-state index contributed by atoms with van der Waals surface area (Å²) < 4.78 is 20.9. The lowest BCUT2D eigenvalue weighted by molar-refractivity contribution is -0.0419. The van der Waals surface area contributed by atoms with Crippen molar-refractivity contribution in [2.75, 3.05) is 13.2 Å². The molecule has 1 unspecified atom stereocenters. The number of hydrogen-bond donors (Lipinski definition) is 2. The third-order valence-corrected chi connectivity index (χ3v) is 5.49. The minimum Gasteiger partial charge on any atom is -0.462 e. The maximum absolute atomic E-state index is 12.7. The van der Waals surface area contributed by atoms with Gasteiger partial charge in [0, 0.05) is 5.92 Å². The summed E-state index contributed by atoms with van der Waals surface area (Å²) in [5, 5.41) is 8.90. The molecule has 0 aliphatic carbocycles. The van der Waals surface area contributed by atoms with E-state index < -0.39 is 41.8 Å². The molecule has 2 aromatic rings. The van der Waals surface area contributed by atoms with Crippen molar-refractivity contribution in [3.8, 4) is 0 Å². The second kappa shape index (κ2) is 15.7. The Morgan fingerprint density at radius 3 is 1.54 bits per heavy atom. The number of aliphatic hydroxyl groups excluding tert-OH is 1. The van der Waals surface area contributed by atoms with E-state index in [1.54, 1.807) is 34.6 Å². The maximum atomic E-state index is 12.7. The summed E-state index contributed by atoms with van der Waals surface area (Å²) in [6.45, 7) is 15.3. The molecular formula is C31H41NO9. The maximum Gasteiger partial charge on any atom is 0.343 e. The molecule has 0 aromatic heterocycles. The van der Waals surface area contributed by atoms with Gasteiger partial charge in [-0.25, -0.2) is 19.2 Å². The molecule has 3 N–H and O–H groups in total. The third kappa shape index (κ3) is 11.9. The first-order chi connectivity index (χ1) is 19.0. The normalized spacial score (nSPS) is 11.7. The standard InChI is InChI=1S/C28H33NO9.C3H8/c1-17(16-35-23(31)19-7-11-22(12-8-19)26(34)38-28(5,6)29)27(3,4)37-25(33)21-13-9-20(10-14-21)24(32)36-18(2)15-30;1-3-2/h7-14,17,30H,2,15-16,29H2,1,3-6H3;3H2,1-2H3. The summed E-state index contributed by atoms with van der Waals surface area (Å²) in [7, 11) is 0. The summed E-state index contributed by atoms with van der Waals surface area (Å²) in [6, 6.07) is 11.4. The van der Waals surface area contributed by atoms with E-state index in [0.29, 0.717) is 0 Å². The van der Waals surface area contributed by atoms with Crippen molar-refractivity contribution in [1.29, 1.82) is 0 Å². The van der Waals surface area contributed by atoms with E-state index in [1.165, 1.54) is 55.0 Å². The van der Waals surface area contributed by atoms with Gasteiger partial charge < -0.3 is 24.1 Å². The molecule has 0 aliphatic heterocycles. The first kappa shape index (κ1) is 35.0. The monoisotopic (exact) mass is 571 g/mol. The van der Waals surface area contributed by atoms with Crippen LogP contribution in [-0.4, -0.2) is 53.5 Å². The van der Waals surface area contributed by atoms with Gasteiger partial charge in [-0.2, -0.15) is 0 Å². The Labute approximate surface area is 241 Å². The van der Waals surface area contributed by atoms with Crippen LogP contribution in [0.15, 0.2) is 60.9 Å². The van der Waals surface area contributed by atoms with E-state index in [9.17, 15) is 19.2 Å². The number of aliphatic hydroxyl groups is 1. The lowest BCUT2D eigenvalue weighted by atomic mass is 9.93. The summed E-state index contributed by atoms with van der Waals surface area (Å²) in [6.07, 6.45) is 1.25. The predicted molar refractivity (Wildman–Crippen MR) is 153 cm³/mol. The molecule has 0 amide bonds. The highest BCUT2D eigenvalue weighted by Gasteiger charge is 2.32. The van der Waals surface area contributed by atoms with Gasteiger partial charge in [-0.1, -0.05) is 33.8 Å². The van der Waals surface area contributed by atoms with Crippen LogP contribution < -0.4 is 5.73 Å². The molecule has 2 rings (SSSR count). The molecule has 10 nitrogen and oxygen atoms in total. The van der Waals surface area contributed by atoms with Gasteiger partial charge in [0.2, 0.25) is 0 Å². The molecule has 0 radical (unpaired) electrons. The molecule has 1 atom stereocenters. The van der Waals surface area contributed by atoms with Crippen LogP contribution in [-0.2, 0) is 18.9 Å². The van der Waals surface area contributed by atoms with Gasteiger partial charge in [0.1, 0.15) is 18.0 Å². The number of hydrogen-bond acceptors (Lipinski definition) is 10. The highest BCUT2D eigenvalue weighted by Crippen LogP contribution is 2.24. The molecule has 0 aliphatic rings. The number of rotatable bonds is 11. The van der Waals surface area contributed by atoms with E-state index in [1.807, 2.05) is 0 Å². The summed E-state index contributed by atoms with van der Waals surface area (Å²) in [4.78, 5) is 49.2. The van der Waals surface area contributed by atoms with E-state index in [4.69, 9.17) is 29.8 Å².